The fraction of sp³-hybridized carbons (Fsp3) is 0.214. The second-order valence-electron chi connectivity index (χ2n) is 4.32. The van der Waals surface area contributed by atoms with Gasteiger partial charge in [-0.3, -0.25) is 0 Å². The normalized spacial score (nSPS) is 16.6. The molecule has 18 heavy (non-hydrogen) atoms. The van der Waals surface area contributed by atoms with Gasteiger partial charge in [0.25, 0.3) is 0 Å². The first kappa shape index (κ1) is 10.9. The number of rotatable bonds is 2. The fourth-order valence-electron chi connectivity index (χ4n) is 1.91. The molecule has 1 aromatic heterocycles. The van der Waals surface area contributed by atoms with Gasteiger partial charge in [-0.1, -0.05) is 30.3 Å². The molecule has 0 radical (unpaired) electrons. The van der Waals surface area contributed by atoms with Crippen molar-refractivity contribution in [3.63, 3.8) is 0 Å². The van der Waals surface area contributed by atoms with Crippen LogP contribution in [0, 0.1) is 11.3 Å². The molecule has 88 valence electrons. The molecular formula is C14H11N3O. The van der Waals surface area contributed by atoms with Crippen LogP contribution in [0.5, 0.6) is 0 Å². The maximum Gasteiger partial charge on any atom is 0.163 e. The van der Waals surface area contributed by atoms with Gasteiger partial charge in [-0.05, 0) is 6.07 Å². The first-order valence-electron chi connectivity index (χ1n) is 5.72. The van der Waals surface area contributed by atoms with Crippen LogP contribution in [0.15, 0.2) is 42.6 Å². The van der Waals surface area contributed by atoms with E-state index in [9.17, 15) is 5.26 Å². The third kappa shape index (κ3) is 1.66. The molecule has 3 rings (SSSR count). The molecule has 0 atom stereocenters. The van der Waals surface area contributed by atoms with Crippen LogP contribution in [-0.2, 0) is 10.2 Å². The highest BCUT2D eigenvalue weighted by Crippen LogP contribution is 2.30. The minimum absolute atomic E-state index is 0.377. The van der Waals surface area contributed by atoms with E-state index >= 15 is 0 Å². The highest BCUT2D eigenvalue weighted by atomic mass is 16.5. The average molecular weight is 237 g/mol. The zero-order chi connectivity index (χ0) is 12.4. The molecule has 1 saturated heterocycles. The summed E-state index contributed by atoms with van der Waals surface area (Å²) >= 11 is 0. The van der Waals surface area contributed by atoms with E-state index in [1.54, 1.807) is 6.20 Å². The Labute approximate surface area is 105 Å². The van der Waals surface area contributed by atoms with E-state index in [1.807, 2.05) is 36.4 Å². The van der Waals surface area contributed by atoms with Gasteiger partial charge in [-0.15, -0.1) is 0 Å². The number of ether oxygens (including phenoxy) is 1. The minimum Gasteiger partial charge on any atom is -0.377 e. The third-order valence-corrected chi connectivity index (χ3v) is 3.06. The Morgan fingerprint density at radius 1 is 1.17 bits per heavy atom. The summed E-state index contributed by atoms with van der Waals surface area (Å²) in [5.41, 5.74) is 1.20. The molecule has 0 N–H and O–H groups in total. The van der Waals surface area contributed by atoms with Gasteiger partial charge < -0.3 is 4.74 Å². The van der Waals surface area contributed by atoms with Crippen molar-refractivity contribution in [2.45, 2.75) is 5.41 Å². The molecule has 4 nitrogen and oxygen atoms in total. The van der Waals surface area contributed by atoms with Crippen LogP contribution in [0.4, 0.5) is 0 Å². The Hall–Kier alpha value is -2.25. The predicted molar refractivity (Wildman–Crippen MR) is 65.6 cm³/mol. The number of hydrogen-bond donors (Lipinski definition) is 0. The predicted octanol–water partition coefficient (Wildman–Crippen LogP) is 1.94. The van der Waals surface area contributed by atoms with E-state index in [4.69, 9.17) is 4.74 Å². The monoisotopic (exact) mass is 237 g/mol. The Morgan fingerprint density at radius 2 is 1.94 bits per heavy atom. The first-order valence-corrected chi connectivity index (χ1v) is 5.72. The Morgan fingerprint density at radius 3 is 2.56 bits per heavy atom. The lowest BCUT2D eigenvalue weighted by molar-refractivity contribution is -0.0338. The number of hydrogen-bond acceptors (Lipinski definition) is 4. The fourth-order valence-corrected chi connectivity index (χ4v) is 1.91. The van der Waals surface area contributed by atoms with Crippen LogP contribution in [-0.4, -0.2) is 23.2 Å². The number of nitrogens with zero attached hydrogens (tertiary/aromatic N) is 3. The number of aromatic nitrogens is 2. The van der Waals surface area contributed by atoms with Crippen LogP contribution in [0.3, 0.4) is 0 Å². The van der Waals surface area contributed by atoms with E-state index in [0.717, 1.165) is 11.3 Å². The number of benzene rings is 1. The summed E-state index contributed by atoms with van der Waals surface area (Å²) in [5.74, 6) is 0.553. The zero-order valence-corrected chi connectivity index (χ0v) is 9.71. The first-order chi connectivity index (χ1) is 8.84. The van der Waals surface area contributed by atoms with E-state index in [0.29, 0.717) is 19.0 Å². The van der Waals surface area contributed by atoms with Gasteiger partial charge in [0, 0.05) is 11.8 Å². The van der Waals surface area contributed by atoms with E-state index in [2.05, 4.69) is 16.0 Å². The number of nitriles is 1. The second-order valence-corrected chi connectivity index (χ2v) is 4.32. The lowest BCUT2D eigenvalue weighted by Crippen LogP contribution is -2.46. The molecule has 0 amide bonds. The van der Waals surface area contributed by atoms with Crippen LogP contribution in [0.2, 0.25) is 0 Å². The lowest BCUT2D eigenvalue weighted by atomic mass is 9.87. The molecular weight excluding hydrogens is 226 g/mol. The van der Waals surface area contributed by atoms with Crippen molar-refractivity contribution in [1.82, 2.24) is 9.97 Å². The van der Waals surface area contributed by atoms with Crippen LogP contribution >= 0.6 is 0 Å². The van der Waals surface area contributed by atoms with E-state index in [-0.39, 0.29) is 0 Å². The highest BCUT2D eigenvalue weighted by molar-refractivity contribution is 5.58. The smallest absolute Gasteiger partial charge is 0.163 e. The SMILES string of the molecule is N#CC1(c2nccc(-c3ccccc3)n2)COC1. The summed E-state index contributed by atoms with van der Waals surface area (Å²) in [6.07, 6.45) is 1.70. The van der Waals surface area contributed by atoms with Crippen LogP contribution in [0.1, 0.15) is 5.82 Å². The van der Waals surface area contributed by atoms with Gasteiger partial charge in [-0.2, -0.15) is 5.26 Å². The minimum atomic E-state index is -0.662. The molecule has 1 fully saturated rings. The van der Waals surface area contributed by atoms with Crippen molar-refractivity contribution in [3.8, 4) is 17.3 Å². The molecule has 1 aliphatic heterocycles. The summed E-state index contributed by atoms with van der Waals surface area (Å²) in [4.78, 5) is 8.71. The summed E-state index contributed by atoms with van der Waals surface area (Å²) < 4.78 is 5.13. The van der Waals surface area contributed by atoms with Gasteiger partial charge in [0.2, 0.25) is 0 Å². The Balaban J connectivity index is 2.03. The van der Waals surface area contributed by atoms with Crippen molar-refractivity contribution < 1.29 is 4.74 Å². The van der Waals surface area contributed by atoms with Crippen LogP contribution < -0.4 is 0 Å². The molecule has 1 aromatic carbocycles. The van der Waals surface area contributed by atoms with Crippen molar-refractivity contribution in [2.75, 3.05) is 13.2 Å². The second kappa shape index (κ2) is 4.21. The molecule has 0 saturated carbocycles. The van der Waals surface area contributed by atoms with Crippen molar-refractivity contribution in [2.24, 2.45) is 0 Å². The zero-order valence-electron chi connectivity index (χ0n) is 9.71. The standard InChI is InChI=1S/C14H11N3O/c15-8-14(9-18-10-14)13-16-7-6-12(17-13)11-4-2-1-3-5-11/h1-7H,9-10H2. The van der Waals surface area contributed by atoms with Gasteiger partial charge in [0.05, 0.1) is 25.0 Å². The quantitative estimate of drug-likeness (QED) is 0.800. The van der Waals surface area contributed by atoms with Crippen molar-refractivity contribution >= 4 is 0 Å². The molecule has 2 aromatic rings. The van der Waals surface area contributed by atoms with Crippen molar-refractivity contribution in [1.29, 1.82) is 5.26 Å². The lowest BCUT2D eigenvalue weighted by Gasteiger charge is -2.33. The molecule has 0 spiro atoms. The largest absolute Gasteiger partial charge is 0.377 e. The summed E-state index contributed by atoms with van der Waals surface area (Å²) in [5, 5.41) is 9.24. The molecule has 1 aliphatic rings. The maximum absolute atomic E-state index is 9.24. The summed E-state index contributed by atoms with van der Waals surface area (Å²) in [6, 6.07) is 14.0. The van der Waals surface area contributed by atoms with Crippen LogP contribution in [0.25, 0.3) is 11.3 Å². The maximum atomic E-state index is 9.24. The Kier molecular flexibility index (Phi) is 2.54. The molecule has 2 heterocycles. The molecule has 0 bridgehead atoms. The average Bonchev–Trinajstić information content (AvgIpc) is 2.40. The van der Waals surface area contributed by atoms with Gasteiger partial charge in [-0.25, -0.2) is 9.97 Å². The highest BCUT2D eigenvalue weighted by Gasteiger charge is 2.43. The molecule has 4 heteroatoms. The Bertz CT molecular complexity index is 600. The summed E-state index contributed by atoms with van der Waals surface area (Å²) in [6.45, 7) is 0.753. The van der Waals surface area contributed by atoms with Gasteiger partial charge in [0.1, 0.15) is 0 Å². The van der Waals surface area contributed by atoms with Crippen molar-refractivity contribution in [3.05, 3.63) is 48.4 Å². The van der Waals surface area contributed by atoms with E-state index < -0.39 is 5.41 Å². The molecule has 0 aliphatic carbocycles. The third-order valence-electron chi connectivity index (χ3n) is 3.06. The summed E-state index contributed by atoms with van der Waals surface area (Å²) in [7, 11) is 0. The van der Waals surface area contributed by atoms with Gasteiger partial charge >= 0.3 is 0 Å². The molecule has 0 unspecified atom stereocenters. The van der Waals surface area contributed by atoms with E-state index in [1.165, 1.54) is 0 Å². The van der Waals surface area contributed by atoms with Gasteiger partial charge in [0.15, 0.2) is 11.2 Å². The topological polar surface area (TPSA) is 58.8 Å².